The summed E-state index contributed by atoms with van der Waals surface area (Å²) >= 11 is 1.43. The Kier molecular flexibility index (Phi) is 1.51. The molecule has 1 aliphatic heterocycles. The Hall–Kier alpha value is -0.740. The predicted molar refractivity (Wildman–Crippen MR) is 43.9 cm³/mol. The molecule has 0 bridgehead atoms. The molecular weight excluding hydrogens is 163 g/mol. The SMILES string of the molecule is NC1Nc2ccc(F)cc2S1. The van der Waals surface area contributed by atoms with Gasteiger partial charge in [-0.15, -0.1) is 0 Å². The second-order valence-corrected chi connectivity index (χ2v) is 3.51. The Bertz CT molecular complexity index is 290. The standard InChI is InChI=1S/C7H7FN2S/c8-4-1-2-5-6(3-4)11-7(9)10-5/h1-3,7,10H,9H2. The van der Waals surface area contributed by atoms with Crippen molar-refractivity contribution in [2.75, 3.05) is 5.32 Å². The Labute approximate surface area is 68.0 Å². The molecule has 1 heterocycles. The van der Waals surface area contributed by atoms with Crippen molar-refractivity contribution in [2.45, 2.75) is 10.4 Å². The topological polar surface area (TPSA) is 38.0 Å². The van der Waals surface area contributed by atoms with E-state index >= 15 is 0 Å². The van der Waals surface area contributed by atoms with Crippen molar-refractivity contribution in [3.05, 3.63) is 24.0 Å². The largest absolute Gasteiger partial charge is 0.360 e. The zero-order chi connectivity index (χ0) is 7.84. The third kappa shape index (κ3) is 1.19. The van der Waals surface area contributed by atoms with Gasteiger partial charge in [-0.25, -0.2) is 4.39 Å². The highest BCUT2D eigenvalue weighted by Crippen LogP contribution is 2.36. The Balaban J connectivity index is 2.43. The minimum absolute atomic E-state index is 0.133. The first-order valence-corrected chi connectivity index (χ1v) is 4.12. The first kappa shape index (κ1) is 6.94. The summed E-state index contributed by atoms with van der Waals surface area (Å²) in [5.41, 5.74) is 6.35. The van der Waals surface area contributed by atoms with Crippen molar-refractivity contribution < 1.29 is 4.39 Å². The maximum atomic E-state index is 12.6. The molecule has 1 aromatic rings. The van der Waals surface area contributed by atoms with Crippen LogP contribution < -0.4 is 11.1 Å². The van der Waals surface area contributed by atoms with E-state index in [4.69, 9.17) is 5.73 Å². The number of fused-ring (bicyclic) bond motifs is 1. The summed E-state index contributed by atoms with van der Waals surface area (Å²) < 4.78 is 12.6. The Morgan fingerprint density at radius 2 is 2.36 bits per heavy atom. The number of hydrogen-bond donors (Lipinski definition) is 2. The Morgan fingerprint density at radius 1 is 1.55 bits per heavy atom. The number of nitrogens with one attached hydrogen (secondary N) is 1. The number of nitrogens with two attached hydrogens (primary N) is 1. The van der Waals surface area contributed by atoms with Crippen LogP contribution in [0.5, 0.6) is 0 Å². The van der Waals surface area contributed by atoms with Gasteiger partial charge in [0.05, 0.1) is 0 Å². The van der Waals surface area contributed by atoms with Crippen LogP contribution in [0.4, 0.5) is 10.1 Å². The van der Waals surface area contributed by atoms with E-state index < -0.39 is 0 Å². The minimum Gasteiger partial charge on any atom is -0.360 e. The lowest BCUT2D eigenvalue weighted by molar-refractivity contribution is 0.625. The quantitative estimate of drug-likeness (QED) is 0.621. The number of halogens is 1. The molecule has 1 atom stereocenters. The molecule has 1 aromatic carbocycles. The number of thioether (sulfide) groups is 1. The van der Waals surface area contributed by atoms with Gasteiger partial charge in [0.15, 0.2) is 0 Å². The molecule has 0 saturated heterocycles. The van der Waals surface area contributed by atoms with E-state index in [2.05, 4.69) is 5.32 Å². The molecule has 11 heavy (non-hydrogen) atoms. The van der Waals surface area contributed by atoms with Gasteiger partial charge in [-0.1, -0.05) is 11.8 Å². The van der Waals surface area contributed by atoms with E-state index in [1.165, 1.54) is 23.9 Å². The van der Waals surface area contributed by atoms with Gasteiger partial charge in [0, 0.05) is 10.6 Å². The third-order valence-corrected chi connectivity index (χ3v) is 2.46. The van der Waals surface area contributed by atoms with Gasteiger partial charge in [0.1, 0.15) is 11.3 Å². The van der Waals surface area contributed by atoms with Crippen LogP contribution in [0.1, 0.15) is 0 Å². The molecule has 0 aliphatic carbocycles. The molecule has 1 aliphatic rings. The normalized spacial score (nSPS) is 21.1. The van der Waals surface area contributed by atoms with Gasteiger partial charge in [-0.3, -0.25) is 0 Å². The summed E-state index contributed by atoms with van der Waals surface area (Å²) in [6, 6.07) is 4.61. The monoisotopic (exact) mass is 170 g/mol. The number of hydrogen-bond acceptors (Lipinski definition) is 3. The zero-order valence-corrected chi connectivity index (χ0v) is 6.49. The van der Waals surface area contributed by atoms with Crippen molar-refractivity contribution >= 4 is 17.4 Å². The summed E-state index contributed by atoms with van der Waals surface area (Å²) in [6.07, 6.45) is 0. The lowest BCUT2D eigenvalue weighted by Crippen LogP contribution is -2.20. The van der Waals surface area contributed by atoms with Crippen LogP contribution in [0.15, 0.2) is 23.1 Å². The van der Waals surface area contributed by atoms with Crippen LogP contribution in [0.2, 0.25) is 0 Å². The molecule has 4 heteroatoms. The van der Waals surface area contributed by atoms with Crippen molar-refractivity contribution in [1.82, 2.24) is 0 Å². The highest BCUT2D eigenvalue weighted by Gasteiger charge is 2.17. The summed E-state index contributed by atoms with van der Waals surface area (Å²) in [5.74, 6) is -0.216. The number of anilines is 1. The van der Waals surface area contributed by atoms with Crippen molar-refractivity contribution in [3.8, 4) is 0 Å². The smallest absolute Gasteiger partial charge is 0.127 e. The average Bonchev–Trinajstić information content (AvgIpc) is 2.27. The predicted octanol–water partition coefficient (Wildman–Crippen LogP) is 1.59. The molecular formula is C7H7FN2S. The number of benzene rings is 1. The molecule has 0 aromatic heterocycles. The Morgan fingerprint density at radius 3 is 3.18 bits per heavy atom. The van der Waals surface area contributed by atoms with Gasteiger partial charge in [-0.2, -0.15) is 0 Å². The fourth-order valence-electron chi connectivity index (χ4n) is 1.03. The van der Waals surface area contributed by atoms with Gasteiger partial charge in [-0.05, 0) is 18.2 Å². The van der Waals surface area contributed by atoms with Gasteiger partial charge < -0.3 is 11.1 Å². The van der Waals surface area contributed by atoms with E-state index in [1.54, 1.807) is 6.07 Å². The van der Waals surface area contributed by atoms with E-state index in [9.17, 15) is 4.39 Å². The fraction of sp³-hybridized carbons (Fsp3) is 0.143. The molecule has 3 N–H and O–H groups in total. The molecule has 0 radical (unpaired) electrons. The minimum atomic E-state index is -0.216. The molecule has 0 fully saturated rings. The molecule has 0 amide bonds. The van der Waals surface area contributed by atoms with Crippen LogP contribution >= 0.6 is 11.8 Å². The molecule has 2 rings (SSSR count). The van der Waals surface area contributed by atoms with Gasteiger partial charge >= 0.3 is 0 Å². The van der Waals surface area contributed by atoms with Gasteiger partial charge in [0.25, 0.3) is 0 Å². The van der Waals surface area contributed by atoms with Crippen LogP contribution in [0.25, 0.3) is 0 Å². The summed E-state index contributed by atoms with van der Waals surface area (Å²) in [4.78, 5) is 0.887. The lowest BCUT2D eigenvalue weighted by Gasteiger charge is -1.99. The van der Waals surface area contributed by atoms with Crippen LogP contribution in [0.3, 0.4) is 0 Å². The van der Waals surface area contributed by atoms with Crippen molar-refractivity contribution in [3.63, 3.8) is 0 Å². The highest BCUT2D eigenvalue weighted by molar-refractivity contribution is 8.00. The summed E-state index contributed by atoms with van der Waals surface area (Å²) in [5, 5.41) is 3.00. The van der Waals surface area contributed by atoms with Crippen LogP contribution in [-0.4, -0.2) is 5.50 Å². The van der Waals surface area contributed by atoms with E-state index in [1.807, 2.05) is 0 Å². The third-order valence-electron chi connectivity index (χ3n) is 1.50. The lowest BCUT2D eigenvalue weighted by atomic mass is 10.3. The molecule has 0 spiro atoms. The van der Waals surface area contributed by atoms with E-state index in [-0.39, 0.29) is 11.3 Å². The number of rotatable bonds is 0. The first-order valence-electron chi connectivity index (χ1n) is 3.24. The molecule has 2 nitrogen and oxygen atoms in total. The van der Waals surface area contributed by atoms with Crippen molar-refractivity contribution in [1.29, 1.82) is 0 Å². The zero-order valence-electron chi connectivity index (χ0n) is 5.67. The fourth-order valence-corrected chi connectivity index (χ4v) is 1.93. The van der Waals surface area contributed by atoms with Gasteiger partial charge in [0.2, 0.25) is 0 Å². The van der Waals surface area contributed by atoms with Crippen LogP contribution in [0, 0.1) is 5.82 Å². The van der Waals surface area contributed by atoms with Crippen molar-refractivity contribution in [2.24, 2.45) is 5.73 Å². The second-order valence-electron chi connectivity index (χ2n) is 2.32. The average molecular weight is 170 g/mol. The molecule has 58 valence electrons. The first-order chi connectivity index (χ1) is 5.25. The maximum absolute atomic E-state index is 12.6. The molecule has 0 saturated carbocycles. The summed E-state index contributed by atoms with van der Waals surface area (Å²) in [6.45, 7) is 0. The van der Waals surface area contributed by atoms with Crippen LogP contribution in [-0.2, 0) is 0 Å². The second kappa shape index (κ2) is 2.39. The van der Waals surface area contributed by atoms with E-state index in [0.717, 1.165) is 10.6 Å². The highest BCUT2D eigenvalue weighted by atomic mass is 32.2. The van der Waals surface area contributed by atoms with E-state index in [0.29, 0.717) is 0 Å². The maximum Gasteiger partial charge on any atom is 0.127 e. The molecule has 1 unspecified atom stereocenters. The summed E-state index contributed by atoms with van der Waals surface area (Å²) in [7, 11) is 0.